The summed E-state index contributed by atoms with van der Waals surface area (Å²) in [6, 6.07) is 12.6. The van der Waals surface area contributed by atoms with Crippen molar-refractivity contribution in [2.45, 2.75) is 5.92 Å². The molecular weight excluding hydrogens is 234 g/mol. The van der Waals surface area contributed by atoms with Crippen LogP contribution < -0.4 is 0 Å². The molecule has 0 aliphatic heterocycles. The number of rotatable bonds is 3. The minimum Gasteiger partial charge on any atom is -0.508 e. The first-order valence-corrected chi connectivity index (χ1v) is 5.44. The summed E-state index contributed by atoms with van der Waals surface area (Å²) in [5, 5.41) is 9.18. The first kappa shape index (κ1) is 12.3. The Hall–Kier alpha value is -2.16. The van der Waals surface area contributed by atoms with E-state index < -0.39 is 5.92 Å². The van der Waals surface area contributed by atoms with Gasteiger partial charge in [0.05, 0.1) is 0 Å². The summed E-state index contributed by atoms with van der Waals surface area (Å²) in [5.41, 5.74) is 1.60. The van der Waals surface area contributed by atoms with Crippen molar-refractivity contribution in [3.05, 3.63) is 66.7 Å². The lowest BCUT2D eigenvalue weighted by molar-refractivity contribution is 0.0526. The maximum Gasteiger partial charge on any atom is 0.291 e. The molecule has 0 aliphatic carbocycles. The number of hydrogen-bond donors (Lipinski definition) is 1. The van der Waals surface area contributed by atoms with Gasteiger partial charge in [-0.3, -0.25) is 0 Å². The quantitative estimate of drug-likeness (QED) is 0.799. The van der Waals surface area contributed by atoms with E-state index in [1.165, 1.54) is 12.1 Å². The second-order valence-corrected chi connectivity index (χ2v) is 3.95. The van der Waals surface area contributed by atoms with E-state index in [9.17, 15) is 13.9 Å². The zero-order valence-corrected chi connectivity index (χ0v) is 9.61. The van der Waals surface area contributed by atoms with Crippen LogP contribution in [-0.2, 0) is 5.92 Å². The molecular formula is C15H12F2O. The molecule has 0 fully saturated rings. The smallest absolute Gasteiger partial charge is 0.291 e. The zero-order valence-electron chi connectivity index (χ0n) is 9.61. The normalized spacial score (nSPS) is 11.2. The van der Waals surface area contributed by atoms with E-state index in [2.05, 4.69) is 6.58 Å². The highest BCUT2D eigenvalue weighted by atomic mass is 19.3. The highest BCUT2D eigenvalue weighted by Crippen LogP contribution is 2.31. The van der Waals surface area contributed by atoms with Crippen LogP contribution in [0, 0.1) is 0 Å². The van der Waals surface area contributed by atoms with Gasteiger partial charge >= 0.3 is 0 Å². The Labute approximate surface area is 104 Å². The zero-order chi connectivity index (χ0) is 13.2. The minimum atomic E-state index is -3.01. The third-order valence-electron chi connectivity index (χ3n) is 2.73. The molecule has 2 aromatic carbocycles. The summed E-state index contributed by atoms with van der Waals surface area (Å²) >= 11 is 0. The Morgan fingerprint density at radius 3 is 1.78 bits per heavy atom. The van der Waals surface area contributed by atoms with Crippen molar-refractivity contribution in [2.75, 3.05) is 0 Å². The van der Waals surface area contributed by atoms with Gasteiger partial charge < -0.3 is 5.11 Å². The van der Waals surface area contributed by atoms with Gasteiger partial charge in [-0.1, -0.05) is 43.0 Å². The van der Waals surface area contributed by atoms with E-state index in [0.29, 0.717) is 6.08 Å². The van der Waals surface area contributed by atoms with E-state index in [1.54, 1.807) is 36.4 Å². The molecule has 0 saturated carbocycles. The molecule has 3 heteroatoms. The molecule has 2 rings (SSSR count). The van der Waals surface area contributed by atoms with Gasteiger partial charge in [0.15, 0.2) is 0 Å². The van der Waals surface area contributed by atoms with Crippen molar-refractivity contribution in [2.24, 2.45) is 0 Å². The van der Waals surface area contributed by atoms with Crippen molar-refractivity contribution < 1.29 is 13.9 Å². The van der Waals surface area contributed by atoms with E-state index in [1.807, 2.05) is 0 Å². The Bertz CT molecular complexity index is 542. The molecule has 18 heavy (non-hydrogen) atoms. The fraction of sp³-hybridized carbons (Fsp3) is 0.0667. The van der Waals surface area contributed by atoms with E-state index in [4.69, 9.17) is 0 Å². The maximum atomic E-state index is 13.3. The summed E-state index contributed by atoms with van der Waals surface area (Å²) in [6.45, 7) is 3.12. The first-order chi connectivity index (χ1) is 8.53. The standard InChI is InChI=1S/C15H12F2O/c1-2-15(16,17)13-7-3-11(4-8-13)12-5-9-14(18)10-6-12/h2-10,18H,1H2. The predicted molar refractivity (Wildman–Crippen MR) is 67.6 cm³/mol. The lowest BCUT2D eigenvalue weighted by atomic mass is 10.0. The number of benzene rings is 2. The average Bonchev–Trinajstić information content (AvgIpc) is 2.40. The Morgan fingerprint density at radius 1 is 0.889 bits per heavy atom. The van der Waals surface area contributed by atoms with Crippen LogP contribution in [0.3, 0.4) is 0 Å². The second kappa shape index (κ2) is 4.61. The fourth-order valence-corrected chi connectivity index (χ4v) is 1.66. The van der Waals surface area contributed by atoms with Gasteiger partial charge in [0.1, 0.15) is 5.75 Å². The largest absolute Gasteiger partial charge is 0.508 e. The summed E-state index contributed by atoms with van der Waals surface area (Å²) in [7, 11) is 0. The van der Waals surface area contributed by atoms with Crippen molar-refractivity contribution in [3.8, 4) is 16.9 Å². The van der Waals surface area contributed by atoms with Crippen molar-refractivity contribution in [1.82, 2.24) is 0 Å². The molecule has 0 spiro atoms. The fourth-order valence-electron chi connectivity index (χ4n) is 1.66. The SMILES string of the molecule is C=CC(F)(F)c1ccc(-c2ccc(O)cc2)cc1. The second-order valence-electron chi connectivity index (χ2n) is 3.95. The third-order valence-corrected chi connectivity index (χ3v) is 2.73. The van der Waals surface area contributed by atoms with Gasteiger partial charge in [0.25, 0.3) is 5.92 Å². The molecule has 2 aromatic rings. The van der Waals surface area contributed by atoms with Gasteiger partial charge in [-0.25, -0.2) is 0 Å². The molecule has 1 nitrogen and oxygen atoms in total. The van der Waals surface area contributed by atoms with Gasteiger partial charge in [-0.15, -0.1) is 0 Å². The van der Waals surface area contributed by atoms with Crippen molar-refractivity contribution >= 4 is 0 Å². The molecule has 0 aliphatic rings. The minimum absolute atomic E-state index is 0.0833. The monoisotopic (exact) mass is 246 g/mol. The van der Waals surface area contributed by atoms with Crippen molar-refractivity contribution in [3.63, 3.8) is 0 Å². The van der Waals surface area contributed by atoms with Crippen LogP contribution in [0.25, 0.3) is 11.1 Å². The molecule has 1 N–H and O–H groups in total. The average molecular weight is 246 g/mol. The maximum absolute atomic E-state index is 13.3. The van der Waals surface area contributed by atoms with Gasteiger partial charge in [-0.2, -0.15) is 8.78 Å². The van der Waals surface area contributed by atoms with Crippen LogP contribution in [0.2, 0.25) is 0 Å². The van der Waals surface area contributed by atoms with Crippen LogP contribution in [0.1, 0.15) is 5.56 Å². The van der Waals surface area contributed by atoms with E-state index in [0.717, 1.165) is 11.1 Å². The third kappa shape index (κ3) is 2.40. The number of phenols is 1. The molecule has 0 heterocycles. The van der Waals surface area contributed by atoms with Gasteiger partial charge in [0.2, 0.25) is 0 Å². The topological polar surface area (TPSA) is 20.2 Å². The molecule has 0 atom stereocenters. The van der Waals surface area contributed by atoms with E-state index in [-0.39, 0.29) is 11.3 Å². The van der Waals surface area contributed by atoms with Gasteiger partial charge in [-0.05, 0) is 29.3 Å². The summed E-state index contributed by atoms with van der Waals surface area (Å²) in [5.74, 6) is -2.83. The summed E-state index contributed by atoms with van der Waals surface area (Å²) < 4.78 is 26.6. The molecule has 0 bridgehead atoms. The molecule has 0 amide bonds. The van der Waals surface area contributed by atoms with Crippen LogP contribution in [0.4, 0.5) is 8.78 Å². The highest BCUT2D eigenvalue weighted by molar-refractivity contribution is 5.64. The van der Waals surface area contributed by atoms with Gasteiger partial charge in [0, 0.05) is 5.56 Å². The Balaban J connectivity index is 2.33. The van der Waals surface area contributed by atoms with Crippen molar-refractivity contribution in [1.29, 1.82) is 0 Å². The summed E-state index contributed by atoms with van der Waals surface area (Å²) in [4.78, 5) is 0. The van der Waals surface area contributed by atoms with Crippen LogP contribution >= 0.6 is 0 Å². The lowest BCUT2D eigenvalue weighted by Crippen LogP contribution is -2.08. The molecule has 0 aromatic heterocycles. The number of hydrogen-bond acceptors (Lipinski definition) is 1. The van der Waals surface area contributed by atoms with Crippen LogP contribution in [0.5, 0.6) is 5.75 Å². The first-order valence-electron chi connectivity index (χ1n) is 5.44. The Kier molecular flexibility index (Phi) is 3.15. The number of allylic oxidation sites excluding steroid dienone is 1. The Morgan fingerprint density at radius 2 is 1.33 bits per heavy atom. The number of aromatic hydroxyl groups is 1. The number of alkyl halides is 2. The molecule has 0 radical (unpaired) electrons. The van der Waals surface area contributed by atoms with E-state index >= 15 is 0 Å². The lowest BCUT2D eigenvalue weighted by Gasteiger charge is -2.12. The number of halogens is 2. The predicted octanol–water partition coefficient (Wildman–Crippen LogP) is 4.34. The van der Waals surface area contributed by atoms with Crippen LogP contribution in [-0.4, -0.2) is 5.11 Å². The highest BCUT2D eigenvalue weighted by Gasteiger charge is 2.26. The molecule has 0 unspecified atom stereocenters. The summed E-state index contributed by atoms with van der Waals surface area (Å²) in [6.07, 6.45) is 0.628. The molecule has 92 valence electrons. The molecule has 0 saturated heterocycles. The number of phenolic OH excluding ortho intramolecular Hbond substituents is 1. The van der Waals surface area contributed by atoms with Crippen LogP contribution in [0.15, 0.2) is 61.2 Å².